The number of aromatic nitrogens is 1. The largest absolute Gasteiger partial charge is 0.272 e. The molecule has 1 aliphatic rings. The summed E-state index contributed by atoms with van der Waals surface area (Å²) in [6, 6.07) is 11.2. The van der Waals surface area contributed by atoms with Crippen LogP contribution in [0.25, 0.3) is 0 Å². The number of hydrogen-bond donors (Lipinski definition) is 1. The van der Waals surface area contributed by atoms with Crippen molar-refractivity contribution in [2.75, 3.05) is 5.75 Å². The Hall–Kier alpha value is -2.34. The molecule has 112 valence electrons. The third-order valence-corrected chi connectivity index (χ3v) is 4.61. The van der Waals surface area contributed by atoms with Gasteiger partial charge in [-0.05, 0) is 24.6 Å². The van der Waals surface area contributed by atoms with Crippen LogP contribution in [-0.4, -0.2) is 27.6 Å². The first kappa shape index (κ1) is 14.6. The summed E-state index contributed by atoms with van der Waals surface area (Å²) in [5, 5.41) is 1.22. The molecule has 1 aromatic heterocycles. The van der Waals surface area contributed by atoms with Gasteiger partial charge in [0.25, 0.3) is 11.8 Å². The third-order valence-electron chi connectivity index (χ3n) is 3.39. The molecule has 0 bridgehead atoms. The van der Waals surface area contributed by atoms with Gasteiger partial charge in [-0.15, -0.1) is 11.8 Å². The summed E-state index contributed by atoms with van der Waals surface area (Å²) in [5.41, 5.74) is 5.33. The van der Waals surface area contributed by atoms with E-state index in [0.29, 0.717) is 11.3 Å². The van der Waals surface area contributed by atoms with E-state index in [1.165, 1.54) is 16.8 Å². The van der Waals surface area contributed by atoms with Gasteiger partial charge in [-0.3, -0.25) is 20.0 Å². The molecule has 3 rings (SSSR count). The Balaban J connectivity index is 1.79. The highest BCUT2D eigenvalue weighted by atomic mass is 32.2. The average Bonchev–Trinajstić information content (AvgIpc) is 2.90. The van der Waals surface area contributed by atoms with Gasteiger partial charge in [-0.2, -0.15) is 0 Å². The van der Waals surface area contributed by atoms with Crippen LogP contribution in [0.3, 0.4) is 0 Å². The number of amides is 2. The Morgan fingerprint density at radius 1 is 1.23 bits per heavy atom. The lowest BCUT2D eigenvalue weighted by Crippen LogP contribution is -2.44. The van der Waals surface area contributed by atoms with Gasteiger partial charge in [-0.25, -0.2) is 5.01 Å². The molecule has 1 saturated heterocycles. The molecule has 0 spiro atoms. The van der Waals surface area contributed by atoms with E-state index < -0.39 is 0 Å². The van der Waals surface area contributed by atoms with Crippen LogP contribution in [-0.2, 0) is 4.79 Å². The SMILES string of the molecule is Cc1ccc(C2SCC(=O)N2NC(=O)c2ccncc2)cc1. The minimum Gasteiger partial charge on any atom is -0.272 e. The minimum atomic E-state index is -0.310. The van der Waals surface area contributed by atoms with Crippen LogP contribution in [0.2, 0.25) is 0 Å². The molecule has 2 aromatic rings. The van der Waals surface area contributed by atoms with Crippen LogP contribution in [0.1, 0.15) is 26.9 Å². The molecule has 1 N–H and O–H groups in total. The van der Waals surface area contributed by atoms with Crippen LogP contribution < -0.4 is 5.43 Å². The van der Waals surface area contributed by atoms with Gasteiger partial charge < -0.3 is 0 Å². The summed E-state index contributed by atoms with van der Waals surface area (Å²) in [4.78, 5) is 28.2. The van der Waals surface area contributed by atoms with Gasteiger partial charge in [0, 0.05) is 18.0 Å². The molecule has 1 aliphatic heterocycles. The highest BCUT2D eigenvalue weighted by Gasteiger charge is 2.34. The Kier molecular flexibility index (Phi) is 4.11. The summed E-state index contributed by atoms with van der Waals surface area (Å²) in [7, 11) is 0. The fourth-order valence-electron chi connectivity index (χ4n) is 2.20. The van der Waals surface area contributed by atoms with Crippen molar-refractivity contribution in [3.05, 3.63) is 65.5 Å². The maximum atomic E-state index is 12.2. The van der Waals surface area contributed by atoms with Gasteiger partial charge in [0.2, 0.25) is 0 Å². The Bertz CT molecular complexity index is 688. The number of rotatable bonds is 3. The second kappa shape index (κ2) is 6.19. The topological polar surface area (TPSA) is 62.3 Å². The summed E-state index contributed by atoms with van der Waals surface area (Å²) >= 11 is 1.50. The average molecular weight is 313 g/mol. The molecular formula is C16H15N3O2S. The number of benzene rings is 1. The fraction of sp³-hybridized carbons (Fsp3) is 0.188. The fourth-order valence-corrected chi connectivity index (χ4v) is 3.31. The van der Waals surface area contributed by atoms with E-state index in [4.69, 9.17) is 0 Å². The number of thioether (sulfide) groups is 1. The molecule has 1 fully saturated rings. The number of nitrogens with zero attached hydrogens (tertiary/aromatic N) is 2. The van der Waals surface area contributed by atoms with Crippen molar-refractivity contribution in [1.29, 1.82) is 0 Å². The van der Waals surface area contributed by atoms with E-state index in [2.05, 4.69) is 10.4 Å². The molecule has 2 heterocycles. The lowest BCUT2D eigenvalue weighted by Gasteiger charge is -2.24. The Morgan fingerprint density at radius 2 is 1.91 bits per heavy atom. The van der Waals surface area contributed by atoms with Crippen LogP contribution in [0.4, 0.5) is 0 Å². The number of aryl methyl sites for hydroxylation is 1. The smallest absolute Gasteiger partial charge is 0.270 e. The summed E-state index contributed by atoms with van der Waals surface area (Å²) in [6.45, 7) is 2.01. The molecule has 2 amide bonds. The molecule has 0 saturated carbocycles. The van der Waals surface area contributed by atoms with Crippen molar-refractivity contribution in [1.82, 2.24) is 15.4 Å². The van der Waals surface area contributed by atoms with Crippen molar-refractivity contribution in [3.8, 4) is 0 Å². The summed E-state index contributed by atoms with van der Waals surface area (Å²) in [5.74, 6) is -0.0526. The van der Waals surface area contributed by atoms with Crippen LogP contribution in [0.5, 0.6) is 0 Å². The van der Waals surface area contributed by atoms with Crippen molar-refractivity contribution in [3.63, 3.8) is 0 Å². The zero-order chi connectivity index (χ0) is 15.5. The maximum absolute atomic E-state index is 12.2. The number of hydrogen-bond acceptors (Lipinski definition) is 4. The number of pyridine rings is 1. The minimum absolute atomic E-state index is 0.0991. The van der Waals surface area contributed by atoms with E-state index >= 15 is 0 Å². The second-order valence-corrected chi connectivity index (χ2v) is 6.08. The zero-order valence-corrected chi connectivity index (χ0v) is 12.8. The quantitative estimate of drug-likeness (QED) is 0.944. The first-order valence-corrected chi connectivity index (χ1v) is 7.91. The predicted octanol–water partition coefficient (Wildman–Crippen LogP) is 2.31. The number of hydrazine groups is 1. The standard InChI is InChI=1S/C16H15N3O2S/c1-11-2-4-13(5-3-11)16-19(14(20)10-22-16)18-15(21)12-6-8-17-9-7-12/h2-9,16H,10H2,1H3,(H,18,21). The van der Waals surface area contributed by atoms with Crippen molar-refractivity contribution < 1.29 is 9.59 Å². The number of carbonyl (C=O) groups excluding carboxylic acids is 2. The van der Waals surface area contributed by atoms with E-state index in [9.17, 15) is 9.59 Å². The molecule has 1 unspecified atom stereocenters. The number of nitrogens with one attached hydrogen (secondary N) is 1. The highest BCUT2D eigenvalue weighted by molar-refractivity contribution is 8.00. The normalized spacial score (nSPS) is 17.6. The molecule has 0 radical (unpaired) electrons. The lowest BCUT2D eigenvalue weighted by molar-refractivity contribution is -0.130. The molecule has 6 heteroatoms. The van der Waals surface area contributed by atoms with E-state index in [1.807, 2.05) is 31.2 Å². The van der Waals surface area contributed by atoms with Crippen LogP contribution in [0.15, 0.2) is 48.8 Å². The van der Waals surface area contributed by atoms with Crippen molar-refractivity contribution in [2.45, 2.75) is 12.3 Å². The Morgan fingerprint density at radius 3 is 2.59 bits per heavy atom. The summed E-state index contributed by atoms with van der Waals surface area (Å²) < 4.78 is 0. The van der Waals surface area contributed by atoms with E-state index in [0.717, 1.165) is 11.1 Å². The Labute approximate surface area is 132 Å². The van der Waals surface area contributed by atoms with Gasteiger partial charge in [0.1, 0.15) is 5.37 Å². The van der Waals surface area contributed by atoms with Gasteiger partial charge in [0.15, 0.2) is 0 Å². The molecule has 5 nitrogen and oxygen atoms in total. The van der Waals surface area contributed by atoms with Gasteiger partial charge in [-0.1, -0.05) is 29.8 Å². The van der Waals surface area contributed by atoms with Crippen molar-refractivity contribution >= 4 is 23.6 Å². The van der Waals surface area contributed by atoms with E-state index in [1.54, 1.807) is 24.5 Å². The first-order valence-electron chi connectivity index (χ1n) is 6.86. The van der Waals surface area contributed by atoms with Crippen LogP contribution in [0, 0.1) is 6.92 Å². The molecule has 0 aliphatic carbocycles. The monoisotopic (exact) mass is 313 g/mol. The highest BCUT2D eigenvalue weighted by Crippen LogP contribution is 2.37. The van der Waals surface area contributed by atoms with E-state index in [-0.39, 0.29) is 17.2 Å². The lowest BCUT2D eigenvalue weighted by atomic mass is 10.1. The van der Waals surface area contributed by atoms with Crippen molar-refractivity contribution in [2.24, 2.45) is 0 Å². The number of carbonyl (C=O) groups is 2. The predicted molar refractivity (Wildman–Crippen MR) is 84.9 cm³/mol. The molecular weight excluding hydrogens is 298 g/mol. The van der Waals surface area contributed by atoms with Gasteiger partial charge in [0.05, 0.1) is 5.75 Å². The third kappa shape index (κ3) is 2.96. The second-order valence-electron chi connectivity index (χ2n) is 5.01. The zero-order valence-electron chi connectivity index (χ0n) is 12.0. The molecule has 22 heavy (non-hydrogen) atoms. The van der Waals surface area contributed by atoms with Gasteiger partial charge >= 0.3 is 0 Å². The first-order chi connectivity index (χ1) is 10.6. The molecule has 1 atom stereocenters. The maximum Gasteiger partial charge on any atom is 0.270 e. The van der Waals surface area contributed by atoms with Crippen LogP contribution >= 0.6 is 11.8 Å². The summed E-state index contributed by atoms with van der Waals surface area (Å²) in [6.07, 6.45) is 3.10. The molecule has 1 aromatic carbocycles.